The van der Waals surface area contributed by atoms with Gasteiger partial charge in [0.1, 0.15) is 5.75 Å². The Morgan fingerprint density at radius 2 is 1.44 bits per heavy atom. The molecule has 1 rings (SSSR count). The molecule has 0 saturated carbocycles. The molecule has 0 spiro atoms. The average Bonchev–Trinajstić information content (AvgIpc) is 2.44. The van der Waals surface area contributed by atoms with Gasteiger partial charge in [-0.15, -0.1) is 0 Å². The molecular weight excluding hydrogens is 350 g/mol. The molecule has 25 heavy (non-hydrogen) atoms. The first-order valence-electron chi connectivity index (χ1n) is 7.73. The first-order valence-corrected chi connectivity index (χ1v) is 7.73. The lowest BCUT2D eigenvalue weighted by atomic mass is 9.75. The zero-order valence-electron chi connectivity index (χ0n) is 14.3. The van der Waals surface area contributed by atoms with E-state index in [0.29, 0.717) is 25.0 Å². The van der Waals surface area contributed by atoms with E-state index in [2.05, 4.69) is 0 Å². The second kappa shape index (κ2) is 7.25. The highest BCUT2D eigenvalue weighted by Crippen LogP contribution is 2.39. The molecule has 1 aromatic carbocycles. The minimum absolute atomic E-state index is 0.00891. The normalized spacial score (nSPS) is 15.2. The van der Waals surface area contributed by atoms with E-state index in [9.17, 15) is 31.1 Å². The van der Waals surface area contributed by atoms with Gasteiger partial charge in [-0.3, -0.25) is 4.79 Å². The lowest BCUT2D eigenvalue weighted by molar-refractivity contribution is -0.150. The fourth-order valence-corrected chi connectivity index (χ4v) is 2.35. The number of halogens is 6. The van der Waals surface area contributed by atoms with Gasteiger partial charge in [0.25, 0.3) is 0 Å². The van der Waals surface area contributed by atoms with Gasteiger partial charge in [0, 0.05) is 0 Å². The smallest absolute Gasteiger partial charge is 0.416 e. The molecule has 0 bridgehead atoms. The van der Waals surface area contributed by atoms with Crippen molar-refractivity contribution < 1.29 is 35.9 Å². The maximum Gasteiger partial charge on any atom is 0.416 e. The molecule has 1 unspecified atom stereocenters. The number of carbonyl (C=O) groups is 1. The number of esters is 1. The van der Waals surface area contributed by atoms with Gasteiger partial charge < -0.3 is 4.74 Å². The molecule has 0 heterocycles. The highest BCUT2D eigenvalue weighted by Gasteiger charge is 2.40. The van der Waals surface area contributed by atoms with Crippen molar-refractivity contribution in [2.75, 3.05) is 0 Å². The first-order chi connectivity index (χ1) is 11.2. The molecule has 1 atom stereocenters. The van der Waals surface area contributed by atoms with Crippen LogP contribution in [-0.2, 0) is 17.1 Å². The molecule has 8 heteroatoms. The largest absolute Gasteiger partial charge is 0.426 e. The standard InChI is InChI=1S/C17H20F6O2/c1-5-6-15(4,10(2)3)14(24)25-13-8-11(16(18,19)20)7-12(9-13)17(21,22)23/h7-10H,5-6H2,1-4H3. The van der Waals surface area contributed by atoms with Gasteiger partial charge in [0.15, 0.2) is 0 Å². The number of hydrogen-bond donors (Lipinski definition) is 0. The molecule has 1 aromatic rings. The molecule has 142 valence electrons. The van der Waals surface area contributed by atoms with Crippen LogP contribution in [0.1, 0.15) is 51.7 Å². The Morgan fingerprint density at radius 1 is 1.00 bits per heavy atom. The zero-order chi connectivity index (χ0) is 19.6. The fourth-order valence-electron chi connectivity index (χ4n) is 2.35. The van der Waals surface area contributed by atoms with Crippen molar-refractivity contribution in [3.05, 3.63) is 29.3 Å². The molecule has 0 saturated heterocycles. The molecule has 0 aromatic heterocycles. The summed E-state index contributed by atoms with van der Waals surface area (Å²) in [5.41, 5.74) is -4.06. The molecular formula is C17H20F6O2. The maximum absolute atomic E-state index is 12.8. The first kappa shape index (κ1) is 21.3. The van der Waals surface area contributed by atoms with Crippen molar-refractivity contribution in [1.82, 2.24) is 0 Å². The van der Waals surface area contributed by atoms with Crippen molar-refractivity contribution in [2.45, 2.75) is 52.9 Å². The number of hydrogen-bond acceptors (Lipinski definition) is 2. The van der Waals surface area contributed by atoms with E-state index in [0.717, 1.165) is 0 Å². The van der Waals surface area contributed by atoms with Crippen LogP contribution in [0.2, 0.25) is 0 Å². The summed E-state index contributed by atoms with van der Waals surface area (Å²) in [6.45, 7) is 6.89. The second-order valence-electron chi connectivity index (χ2n) is 6.45. The Kier molecular flexibility index (Phi) is 6.18. The highest BCUT2D eigenvalue weighted by molar-refractivity contribution is 5.79. The lowest BCUT2D eigenvalue weighted by Gasteiger charge is -2.31. The van der Waals surface area contributed by atoms with Gasteiger partial charge in [-0.1, -0.05) is 27.2 Å². The summed E-state index contributed by atoms with van der Waals surface area (Å²) < 4.78 is 82.0. The summed E-state index contributed by atoms with van der Waals surface area (Å²) >= 11 is 0. The van der Waals surface area contributed by atoms with Crippen molar-refractivity contribution >= 4 is 5.97 Å². The molecule has 0 amide bonds. The van der Waals surface area contributed by atoms with E-state index in [-0.39, 0.29) is 12.0 Å². The third kappa shape index (κ3) is 5.12. The van der Waals surface area contributed by atoms with Crippen LogP contribution < -0.4 is 4.74 Å². The SMILES string of the molecule is CCCC(C)(C(=O)Oc1cc(C(F)(F)F)cc(C(F)(F)F)c1)C(C)C. The number of alkyl halides is 6. The lowest BCUT2D eigenvalue weighted by Crippen LogP contribution is -2.36. The van der Waals surface area contributed by atoms with Crippen LogP contribution in [-0.4, -0.2) is 5.97 Å². The second-order valence-corrected chi connectivity index (χ2v) is 6.45. The Bertz CT molecular complexity index is 586. The molecule has 0 radical (unpaired) electrons. The molecule has 0 fully saturated rings. The van der Waals surface area contributed by atoms with Gasteiger partial charge in [0.2, 0.25) is 0 Å². The summed E-state index contributed by atoms with van der Waals surface area (Å²) in [6.07, 6.45) is -8.98. The summed E-state index contributed by atoms with van der Waals surface area (Å²) in [5, 5.41) is 0. The van der Waals surface area contributed by atoms with Crippen LogP contribution in [0.5, 0.6) is 5.75 Å². The third-order valence-corrected chi connectivity index (χ3v) is 4.28. The Labute approximate surface area is 142 Å². The van der Waals surface area contributed by atoms with E-state index in [1.165, 1.54) is 0 Å². The summed E-state index contributed by atoms with van der Waals surface area (Å²) in [4.78, 5) is 12.4. The molecule has 0 N–H and O–H groups in total. The number of benzene rings is 1. The van der Waals surface area contributed by atoms with Crippen LogP contribution in [0, 0.1) is 11.3 Å². The van der Waals surface area contributed by atoms with Crippen LogP contribution in [0.25, 0.3) is 0 Å². The molecule has 0 aliphatic rings. The van der Waals surface area contributed by atoms with E-state index in [4.69, 9.17) is 4.74 Å². The Balaban J connectivity index is 3.31. The topological polar surface area (TPSA) is 26.3 Å². The zero-order valence-corrected chi connectivity index (χ0v) is 14.3. The maximum atomic E-state index is 12.8. The van der Waals surface area contributed by atoms with Gasteiger partial charge in [-0.25, -0.2) is 0 Å². The Morgan fingerprint density at radius 3 is 1.76 bits per heavy atom. The summed E-state index contributed by atoms with van der Waals surface area (Å²) in [5.74, 6) is -1.82. The number of rotatable bonds is 5. The Hall–Kier alpha value is -1.73. The van der Waals surface area contributed by atoms with Crippen LogP contribution >= 0.6 is 0 Å². The van der Waals surface area contributed by atoms with Gasteiger partial charge in [0.05, 0.1) is 16.5 Å². The molecule has 0 aliphatic carbocycles. The predicted octanol–water partition coefficient (Wildman–Crippen LogP) is 6.09. The van der Waals surface area contributed by atoms with E-state index < -0.39 is 40.6 Å². The quantitative estimate of drug-likeness (QED) is 0.356. The third-order valence-electron chi connectivity index (χ3n) is 4.28. The van der Waals surface area contributed by atoms with E-state index >= 15 is 0 Å². The highest BCUT2D eigenvalue weighted by atomic mass is 19.4. The van der Waals surface area contributed by atoms with Gasteiger partial charge in [-0.05, 0) is 37.5 Å². The minimum atomic E-state index is -4.99. The minimum Gasteiger partial charge on any atom is -0.426 e. The van der Waals surface area contributed by atoms with Crippen molar-refractivity contribution in [3.63, 3.8) is 0 Å². The fraction of sp³-hybridized carbons (Fsp3) is 0.588. The molecule has 0 aliphatic heterocycles. The summed E-state index contributed by atoms with van der Waals surface area (Å²) in [6, 6.07) is 0.796. The van der Waals surface area contributed by atoms with E-state index in [1.54, 1.807) is 20.8 Å². The predicted molar refractivity (Wildman–Crippen MR) is 79.9 cm³/mol. The van der Waals surface area contributed by atoms with Crippen LogP contribution in [0.3, 0.4) is 0 Å². The van der Waals surface area contributed by atoms with Gasteiger partial charge >= 0.3 is 18.3 Å². The van der Waals surface area contributed by atoms with Crippen molar-refractivity contribution in [3.8, 4) is 5.75 Å². The van der Waals surface area contributed by atoms with Crippen molar-refractivity contribution in [1.29, 1.82) is 0 Å². The number of carbonyl (C=O) groups excluding carboxylic acids is 1. The van der Waals surface area contributed by atoms with Gasteiger partial charge in [-0.2, -0.15) is 26.3 Å². The van der Waals surface area contributed by atoms with Crippen molar-refractivity contribution in [2.24, 2.45) is 11.3 Å². The average molecular weight is 370 g/mol. The number of ether oxygens (including phenoxy) is 1. The van der Waals surface area contributed by atoms with Crippen LogP contribution in [0.15, 0.2) is 18.2 Å². The monoisotopic (exact) mass is 370 g/mol. The van der Waals surface area contributed by atoms with Crippen LogP contribution in [0.4, 0.5) is 26.3 Å². The summed E-state index contributed by atoms with van der Waals surface area (Å²) in [7, 11) is 0. The van der Waals surface area contributed by atoms with E-state index in [1.807, 2.05) is 6.92 Å². The molecule has 2 nitrogen and oxygen atoms in total.